The van der Waals surface area contributed by atoms with Crippen LogP contribution in [-0.4, -0.2) is 49.7 Å². The molecule has 1 aromatic heterocycles. The number of aliphatic hydroxyl groups excluding tert-OH is 1. The Kier molecular flexibility index (Phi) is 3.75. The summed E-state index contributed by atoms with van der Waals surface area (Å²) in [6.07, 6.45) is 2.86. The molecule has 0 aliphatic carbocycles. The molecular formula is C7H10N4O4. The summed E-state index contributed by atoms with van der Waals surface area (Å²) < 4.78 is 1.24. The molecular weight excluding hydrogens is 204 g/mol. The Hall–Kier alpha value is -1.96. The van der Waals surface area contributed by atoms with E-state index in [9.17, 15) is 9.59 Å². The van der Waals surface area contributed by atoms with Gasteiger partial charge in [0, 0.05) is 6.20 Å². The van der Waals surface area contributed by atoms with Crippen LogP contribution in [0, 0.1) is 0 Å². The second-order valence-electron chi connectivity index (χ2n) is 2.74. The van der Waals surface area contributed by atoms with E-state index >= 15 is 0 Å². The number of carbonyl (C=O) groups excluding carboxylic acids is 1. The van der Waals surface area contributed by atoms with E-state index in [-0.39, 0.29) is 6.54 Å². The second-order valence-corrected chi connectivity index (χ2v) is 2.74. The lowest BCUT2D eigenvalue weighted by molar-refractivity contribution is -0.143. The fraction of sp³-hybridized carbons (Fsp3) is 0.429. The lowest BCUT2D eigenvalue weighted by Crippen LogP contribution is -2.44. The van der Waals surface area contributed by atoms with Crippen molar-refractivity contribution in [3.8, 4) is 0 Å². The average molecular weight is 214 g/mol. The Morgan fingerprint density at radius 1 is 1.53 bits per heavy atom. The largest absolute Gasteiger partial charge is 0.480 e. The van der Waals surface area contributed by atoms with Crippen LogP contribution >= 0.6 is 0 Å². The van der Waals surface area contributed by atoms with Crippen LogP contribution in [0.2, 0.25) is 0 Å². The number of nitrogens with one attached hydrogen (secondary N) is 1. The number of carboxylic acid groups (broad SMARTS) is 1. The van der Waals surface area contributed by atoms with Gasteiger partial charge in [-0.3, -0.25) is 4.79 Å². The predicted octanol–water partition coefficient (Wildman–Crippen LogP) is -2.16. The van der Waals surface area contributed by atoms with Crippen LogP contribution in [0.5, 0.6) is 0 Å². The molecule has 0 unspecified atom stereocenters. The van der Waals surface area contributed by atoms with E-state index in [1.807, 2.05) is 0 Å². The minimum atomic E-state index is -1.29. The quantitative estimate of drug-likeness (QED) is 0.514. The molecule has 0 spiro atoms. The maximum Gasteiger partial charge on any atom is 0.328 e. The van der Waals surface area contributed by atoms with E-state index in [4.69, 9.17) is 10.2 Å². The Bertz CT molecular complexity index is 337. The molecule has 0 radical (unpaired) electrons. The molecule has 0 saturated heterocycles. The maximum absolute atomic E-state index is 11.2. The minimum absolute atomic E-state index is 0.135. The fourth-order valence-electron chi connectivity index (χ4n) is 0.890. The van der Waals surface area contributed by atoms with Crippen LogP contribution in [0.15, 0.2) is 12.4 Å². The van der Waals surface area contributed by atoms with Gasteiger partial charge in [0.25, 0.3) is 0 Å². The summed E-state index contributed by atoms with van der Waals surface area (Å²) in [7, 11) is 0. The van der Waals surface area contributed by atoms with Crippen molar-refractivity contribution in [3.63, 3.8) is 0 Å². The molecule has 1 rings (SSSR count). The molecule has 3 N–H and O–H groups in total. The van der Waals surface area contributed by atoms with E-state index in [0.717, 1.165) is 0 Å². The van der Waals surface area contributed by atoms with Gasteiger partial charge < -0.3 is 15.5 Å². The highest BCUT2D eigenvalue weighted by atomic mass is 16.4. The molecule has 1 atom stereocenters. The van der Waals surface area contributed by atoms with Gasteiger partial charge in [0.05, 0.1) is 12.8 Å². The van der Waals surface area contributed by atoms with Gasteiger partial charge in [0.2, 0.25) is 5.91 Å². The standard InChI is InChI=1S/C7H10N4O4/c12-4-5(7(14)15)9-6(13)3-11-2-1-8-10-11/h1-2,5,12H,3-4H2,(H,9,13)(H,14,15)/t5-/m1/s1. The average Bonchev–Trinajstić information content (AvgIpc) is 2.66. The molecule has 1 amide bonds. The number of aliphatic carboxylic acids is 1. The molecule has 0 bridgehead atoms. The van der Waals surface area contributed by atoms with Crippen LogP contribution in [0.3, 0.4) is 0 Å². The predicted molar refractivity (Wildman–Crippen MR) is 46.7 cm³/mol. The van der Waals surface area contributed by atoms with E-state index in [1.165, 1.54) is 17.1 Å². The Morgan fingerprint density at radius 3 is 2.73 bits per heavy atom. The summed E-state index contributed by atoms with van der Waals surface area (Å²) in [5.41, 5.74) is 0. The van der Waals surface area contributed by atoms with Crippen LogP contribution in [0.1, 0.15) is 0 Å². The van der Waals surface area contributed by atoms with Crippen LogP contribution in [-0.2, 0) is 16.1 Å². The van der Waals surface area contributed by atoms with Crippen LogP contribution < -0.4 is 5.32 Å². The lowest BCUT2D eigenvalue weighted by atomic mass is 10.3. The smallest absolute Gasteiger partial charge is 0.328 e. The van der Waals surface area contributed by atoms with Crippen molar-refractivity contribution < 1.29 is 19.8 Å². The summed E-state index contributed by atoms with van der Waals surface area (Å²) in [6.45, 7) is -0.789. The number of carbonyl (C=O) groups is 2. The molecule has 0 aromatic carbocycles. The third kappa shape index (κ3) is 3.35. The number of carboxylic acids is 1. The zero-order valence-corrected chi connectivity index (χ0v) is 7.70. The highest BCUT2D eigenvalue weighted by Gasteiger charge is 2.18. The van der Waals surface area contributed by atoms with Crippen molar-refractivity contribution in [2.24, 2.45) is 0 Å². The maximum atomic E-state index is 11.2. The normalized spacial score (nSPS) is 12.1. The van der Waals surface area contributed by atoms with Crippen molar-refractivity contribution >= 4 is 11.9 Å². The first-order valence-corrected chi connectivity index (χ1v) is 4.10. The molecule has 1 aromatic rings. The molecule has 1 heterocycles. The van der Waals surface area contributed by atoms with Gasteiger partial charge in [-0.1, -0.05) is 5.21 Å². The molecule has 8 nitrogen and oxygen atoms in total. The Morgan fingerprint density at radius 2 is 2.27 bits per heavy atom. The minimum Gasteiger partial charge on any atom is -0.480 e. The Labute approximate surface area is 84.5 Å². The number of aromatic nitrogens is 3. The number of aliphatic hydroxyl groups is 1. The van der Waals surface area contributed by atoms with Gasteiger partial charge in [0.1, 0.15) is 12.6 Å². The summed E-state index contributed by atoms with van der Waals surface area (Å²) in [5, 5.41) is 26.3. The van der Waals surface area contributed by atoms with E-state index in [2.05, 4.69) is 15.6 Å². The number of nitrogens with zero attached hydrogens (tertiary/aromatic N) is 3. The topological polar surface area (TPSA) is 117 Å². The highest BCUT2D eigenvalue weighted by molar-refractivity contribution is 5.83. The Balaban J connectivity index is 2.45. The first-order valence-electron chi connectivity index (χ1n) is 4.10. The molecule has 8 heteroatoms. The molecule has 0 fully saturated rings. The zero-order chi connectivity index (χ0) is 11.3. The van der Waals surface area contributed by atoms with Gasteiger partial charge in [-0.05, 0) is 0 Å². The molecule has 0 aliphatic rings. The molecule has 0 aliphatic heterocycles. The first-order chi connectivity index (χ1) is 7.13. The van der Waals surface area contributed by atoms with Gasteiger partial charge in [-0.15, -0.1) is 5.10 Å². The fourth-order valence-corrected chi connectivity index (χ4v) is 0.890. The van der Waals surface area contributed by atoms with E-state index < -0.39 is 24.5 Å². The van der Waals surface area contributed by atoms with Gasteiger partial charge in [-0.2, -0.15) is 0 Å². The number of rotatable bonds is 5. The summed E-state index contributed by atoms with van der Waals surface area (Å²) in [6, 6.07) is -1.29. The monoisotopic (exact) mass is 214 g/mol. The SMILES string of the molecule is O=C(Cn1ccnn1)N[C@H](CO)C(=O)O. The number of hydrogen-bond donors (Lipinski definition) is 3. The van der Waals surface area contributed by atoms with Crippen molar-refractivity contribution in [2.75, 3.05) is 6.61 Å². The zero-order valence-electron chi connectivity index (χ0n) is 7.70. The summed E-state index contributed by atoms with van der Waals surface area (Å²) in [5.74, 6) is -1.84. The third-order valence-electron chi connectivity index (χ3n) is 1.59. The van der Waals surface area contributed by atoms with E-state index in [1.54, 1.807) is 0 Å². The molecule has 15 heavy (non-hydrogen) atoms. The third-order valence-corrected chi connectivity index (χ3v) is 1.59. The number of hydrogen-bond acceptors (Lipinski definition) is 5. The van der Waals surface area contributed by atoms with Crippen molar-refractivity contribution in [1.82, 2.24) is 20.3 Å². The molecule has 0 saturated carbocycles. The first kappa shape index (κ1) is 11.1. The van der Waals surface area contributed by atoms with Gasteiger partial charge >= 0.3 is 5.97 Å². The van der Waals surface area contributed by atoms with Crippen molar-refractivity contribution in [3.05, 3.63) is 12.4 Å². The highest BCUT2D eigenvalue weighted by Crippen LogP contribution is 1.86. The van der Waals surface area contributed by atoms with Crippen molar-refractivity contribution in [2.45, 2.75) is 12.6 Å². The molecule has 82 valence electrons. The van der Waals surface area contributed by atoms with Crippen LogP contribution in [0.4, 0.5) is 0 Å². The van der Waals surface area contributed by atoms with Crippen LogP contribution in [0.25, 0.3) is 0 Å². The van der Waals surface area contributed by atoms with Gasteiger partial charge in [0.15, 0.2) is 0 Å². The summed E-state index contributed by atoms with van der Waals surface area (Å²) >= 11 is 0. The summed E-state index contributed by atoms with van der Waals surface area (Å²) in [4.78, 5) is 21.7. The number of amides is 1. The second kappa shape index (κ2) is 5.05. The van der Waals surface area contributed by atoms with Crippen molar-refractivity contribution in [1.29, 1.82) is 0 Å². The van der Waals surface area contributed by atoms with E-state index in [0.29, 0.717) is 0 Å². The van der Waals surface area contributed by atoms with Gasteiger partial charge in [-0.25, -0.2) is 9.48 Å². The lowest BCUT2D eigenvalue weighted by Gasteiger charge is -2.10.